The first-order valence-electron chi connectivity index (χ1n) is 11.5. The molecule has 3 aromatic rings. The fourth-order valence-electron chi connectivity index (χ4n) is 4.31. The zero-order valence-corrected chi connectivity index (χ0v) is 19.5. The van der Waals surface area contributed by atoms with Crippen molar-refractivity contribution in [1.82, 2.24) is 20.1 Å². The molecule has 178 valence electrons. The number of aromatic nitrogens is 3. The second kappa shape index (κ2) is 10.8. The van der Waals surface area contributed by atoms with Crippen molar-refractivity contribution in [2.45, 2.75) is 38.1 Å². The van der Waals surface area contributed by atoms with Crippen LogP contribution < -0.4 is 20.7 Å². The van der Waals surface area contributed by atoms with Crippen molar-refractivity contribution in [2.24, 2.45) is 13.0 Å². The summed E-state index contributed by atoms with van der Waals surface area (Å²) >= 11 is 0. The number of nitrogens with zero attached hydrogens (tertiary/aromatic N) is 3. The molecule has 1 fully saturated rings. The molecule has 9 heteroatoms. The van der Waals surface area contributed by atoms with Gasteiger partial charge in [0.1, 0.15) is 11.8 Å². The van der Waals surface area contributed by atoms with Crippen molar-refractivity contribution in [3.8, 4) is 5.75 Å². The largest absolute Gasteiger partial charge is 0.494 e. The number of rotatable bonds is 9. The number of benzene rings is 1. The predicted molar refractivity (Wildman–Crippen MR) is 130 cm³/mol. The van der Waals surface area contributed by atoms with E-state index in [1.54, 1.807) is 67.9 Å². The molecule has 0 bridgehead atoms. The highest BCUT2D eigenvalue weighted by Gasteiger charge is 2.27. The van der Waals surface area contributed by atoms with Crippen molar-refractivity contribution in [2.75, 3.05) is 17.7 Å². The van der Waals surface area contributed by atoms with Gasteiger partial charge in [-0.3, -0.25) is 19.3 Å². The Balaban J connectivity index is 1.47. The molecule has 2 amide bonds. The molecule has 1 aliphatic rings. The highest BCUT2D eigenvalue weighted by molar-refractivity contribution is 6.01. The normalized spacial score (nSPS) is 14.4. The molecule has 1 aromatic carbocycles. The second-order valence-corrected chi connectivity index (χ2v) is 8.59. The van der Waals surface area contributed by atoms with Crippen molar-refractivity contribution >= 4 is 28.9 Å². The molecule has 0 saturated heterocycles. The Labute approximate surface area is 198 Å². The minimum absolute atomic E-state index is 0.234. The zero-order chi connectivity index (χ0) is 23.9. The number of pyridine rings is 1. The summed E-state index contributed by atoms with van der Waals surface area (Å²) in [5.74, 6) is 0.540. The van der Waals surface area contributed by atoms with Crippen molar-refractivity contribution in [3.63, 3.8) is 0 Å². The summed E-state index contributed by atoms with van der Waals surface area (Å²) < 4.78 is 6.98. The fourth-order valence-corrected chi connectivity index (χ4v) is 4.31. The van der Waals surface area contributed by atoms with Gasteiger partial charge in [-0.1, -0.05) is 31.7 Å². The van der Waals surface area contributed by atoms with Gasteiger partial charge in [-0.2, -0.15) is 5.10 Å². The molecule has 4 rings (SSSR count). The number of ether oxygens (including phenoxy) is 1. The van der Waals surface area contributed by atoms with Crippen molar-refractivity contribution in [3.05, 3.63) is 60.7 Å². The maximum Gasteiger partial charge on any atom is 0.252 e. The molecule has 3 N–H and O–H groups in total. The standard InChI is InChI=1S/C25H30N6O3/c1-31-16-20(14-27-31)29-25(33)21(12-17-6-3-4-7-17)30-24(32)18-8-5-9-19(13-18)28-22-15-26-11-10-23(22)34-2/h5,8-11,13-17,21,28H,3-4,6-7,12H2,1-2H3,(H,29,33)(H,30,32)/t21-/m0/s1. The minimum atomic E-state index is -0.633. The van der Waals surface area contributed by atoms with E-state index < -0.39 is 6.04 Å². The van der Waals surface area contributed by atoms with Crippen LogP contribution >= 0.6 is 0 Å². The Morgan fingerprint density at radius 2 is 2.00 bits per heavy atom. The van der Waals surface area contributed by atoms with E-state index in [4.69, 9.17) is 4.74 Å². The maximum absolute atomic E-state index is 13.1. The summed E-state index contributed by atoms with van der Waals surface area (Å²) in [5.41, 5.74) is 2.47. The first-order chi connectivity index (χ1) is 16.5. The third-order valence-electron chi connectivity index (χ3n) is 6.04. The number of anilines is 3. The van der Waals surface area contributed by atoms with Crippen LogP contribution in [0, 0.1) is 5.92 Å². The summed E-state index contributed by atoms with van der Waals surface area (Å²) in [7, 11) is 3.38. The van der Waals surface area contributed by atoms with Gasteiger partial charge in [0.25, 0.3) is 5.91 Å². The van der Waals surface area contributed by atoms with Gasteiger partial charge in [-0.15, -0.1) is 0 Å². The topological polar surface area (TPSA) is 110 Å². The van der Waals surface area contributed by atoms with Crippen LogP contribution in [0.25, 0.3) is 0 Å². The summed E-state index contributed by atoms with van der Waals surface area (Å²) in [5, 5.41) is 13.2. The first-order valence-corrected chi connectivity index (χ1v) is 11.5. The minimum Gasteiger partial charge on any atom is -0.494 e. The van der Waals surface area contributed by atoms with Crippen LogP contribution in [0.1, 0.15) is 42.5 Å². The predicted octanol–water partition coefficient (Wildman–Crippen LogP) is 3.88. The van der Waals surface area contributed by atoms with Gasteiger partial charge in [0, 0.05) is 36.8 Å². The van der Waals surface area contributed by atoms with Crippen molar-refractivity contribution in [1.29, 1.82) is 0 Å². The monoisotopic (exact) mass is 462 g/mol. The lowest BCUT2D eigenvalue weighted by molar-refractivity contribution is -0.118. The molecular weight excluding hydrogens is 432 g/mol. The Morgan fingerprint density at radius 3 is 2.74 bits per heavy atom. The van der Waals surface area contributed by atoms with Gasteiger partial charge >= 0.3 is 0 Å². The average Bonchev–Trinajstić information content (AvgIpc) is 3.50. The van der Waals surface area contributed by atoms with E-state index in [-0.39, 0.29) is 11.8 Å². The fraction of sp³-hybridized carbons (Fsp3) is 0.360. The second-order valence-electron chi connectivity index (χ2n) is 8.59. The average molecular weight is 463 g/mol. The molecule has 1 aliphatic carbocycles. The third-order valence-corrected chi connectivity index (χ3v) is 6.04. The van der Waals surface area contributed by atoms with E-state index in [9.17, 15) is 9.59 Å². The molecule has 0 radical (unpaired) electrons. The quantitative estimate of drug-likeness (QED) is 0.445. The highest BCUT2D eigenvalue weighted by atomic mass is 16.5. The summed E-state index contributed by atoms with van der Waals surface area (Å²) in [6.45, 7) is 0. The summed E-state index contributed by atoms with van der Waals surface area (Å²) in [4.78, 5) is 30.3. The summed E-state index contributed by atoms with van der Waals surface area (Å²) in [6, 6.07) is 8.25. The van der Waals surface area contributed by atoms with E-state index in [0.29, 0.717) is 40.7 Å². The Kier molecular flexibility index (Phi) is 7.41. The Morgan fingerprint density at radius 1 is 1.18 bits per heavy atom. The summed E-state index contributed by atoms with van der Waals surface area (Å²) in [6.07, 6.45) is 11.7. The molecule has 34 heavy (non-hydrogen) atoms. The Bertz CT molecular complexity index is 1140. The number of hydrogen-bond acceptors (Lipinski definition) is 6. The van der Waals surface area contributed by atoms with Gasteiger partial charge in [-0.25, -0.2) is 0 Å². The van der Waals surface area contributed by atoms with E-state index >= 15 is 0 Å². The highest BCUT2D eigenvalue weighted by Crippen LogP contribution is 2.29. The zero-order valence-electron chi connectivity index (χ0n) is 19.5. The first kappa shape index (κ1) is 23.3. The van der Waals surface area contributed by atoms with E-state index in [1.165, 1.54) is 12.8 Å². The van der Waals surface area contributed by atoms with E-state index in [2.05, 4.69) is 26.0 Å². The van der Waals surface area contributed by atoms with Gasteiger partial charge in [0.15, 0.2) is 0 Å². The number of carbonyl (C=O) groups excluding carboxylic acids is 2. The number of hydrogen-bond donors (Lipinski definition) is 3. The maximum atomic E-state index is 13.1. The molecular formula is C25H30N6O3. The number of aryl methyl sites for hydroxylation is 1. The van der Waals surface area contributed by atoms with Crippen LogP contribution in [0.15, 0.2) is 55.1 Å². The molecule has 9 nitrogen and oxygen atoms in total. The molecule has 2 heterocycles. The van der Waals surface area contributed by atoms with Crippen LogP contribution in [0.4, 0.5) is 17.1 Å². The third kappa shape index (κ3) is 5.92. The molecule has 0 spiro atoms. The van der Waals surface area contributed by atoms with Gasteiger partial charge in [-0.05, 0) is 30.5 Å². The van der Waals surface area contributed by atoms with Crippen LogP contribution in [-0.4, -0.2) is 39.7 Å². The van der Waals surface area contributed by atoms with Gasteiger partial charge < -0.3 is 20.7 Å². The number of nitrogens with one attached hydrogen (secondary N) is 3. The van der Waals surface area contributed by atoms with Crippen LogP contribution in [0.2, 0.25) is 0 Å². The van der Waals surface area contributed by atoms with E-state index in [0.717, 1.165) is 12.8 Å². The smallest absolute Gasteiger partial charge is 0.252 e. The van der Waals surface area contributed by atoms with E-state index in [1.807, 2.05) is 6.07 Å². The van der Waals surface area contributed by atoms with Crippen LogP contribution in [0.5, 0.6) is 5.75 Å². The van der Waals surface area contributed by atoms with Gasteiger partial charge in [0.05, 0.1) is 30.9 Å². The SMILES string of the molecule is COc1ccncc1Nc1cccc(C(=O)N[C@@H](CC2CCCC2)C(=O)Nc2cnn(C)c2)c1. The van der Waals surface area contributed by atoms with Crippen LogP contribution in [-0.2, 0) is 11.8 Å². The van der Waals surface area contributed by atoms with Crippen LogP contribution in [0.3, 0.4) is 0 Å². The lowest BCUT2D eigenvalue weighted by Gasteiger charge is -2.21. The Hall–Kier alpha value is -3.88. The van der Waals surface area contributed by atoms with Crippen molar-refractivity contribution < 1.29 is 14.3 Å². The molecule has 2 aromatic heterocycles. The lowest BCUT2D eigenvalue weighted by Crippen LogP contribution is -2.44. The molecule has 0 aliphatic heterocycles. The number of methoxy groups -OCH3 is 1. The molecule has 1 atom stereocenters. The lowest BCUT2D eigenvalue weighted by atomic mass is 9.97. The molecule has 0 unspecified atom stereocenters. The number of amides is 2. The van der Waals surface area contributed by atoms with Gasteiger partial charge in [0.2, 0.25) is 5.91 Å². The number of carbonyl (C=O) groups is 2. The molecule has 1 saturated carbocycles.